The van der Waals surface area contributed by atoms with Crippen LogP contribution in [0, 0.1) is 10.1 Å². The van der Waals surface area contributed by atoms with Gasteiger partial charge >= 0.3 is 5.69 Å². The van der Waals surface area contributed by atoms with Crippen LogP contribution in [0.5, 0.6) is 0 Å². The molecule has 0 unspecified atom stereocenters. The van der Waals surface area contributed by atoms with Gasteiger partial charge in [-0.15, -0.1) is 0 Å². The smallest absolute Gasteiger partial charge is 0.325 e. The summed E-state index contributed by atoms with van der Waals surface area (Å²) in [5.74, 6) is -0.423. The number of thioether (sulfide) groups is 1. The monoisotopic (exact) mass is 404 g/mol. The van der Waals surface area contributed by atoms with Gasteiger partial charge in [-0.3, -0.25) is 28.8 Å². The number of rotatable bonds is 5. The van der Waals surface area contributed by atoms with Gasteiger partial charge in [-0.2, -0.15) is 0 Å². The zero-order valence-corrected chi connectivity index (χ0v) is 16.0. The van der Waals surface area contributed by atoms with Crippen molar-refractivity contribution in [1.29, 1.82) is 0 Å². The van der Waals surface area contributed by atoms with Gasteiger partial charge in [0, 0.05) is 39.0 Å². The second kappa shape index (κ2) is 7.31. The first-order valence-corrected chi connectivity index (χ1v) is 8.98. The van der Waals surface area contributed by atoms with E-state index in [9.17, 15) is 24.5 Å². The standard InChI is InChI=1S/C16H16N6O5S/c1-19-13-12(14(24)21(3)16(25)20(13)2)18-15(19)28-8-11(23)17-9-5-4-6-10(7-9)22(26)27/h4-7H,8H2,1-3H3,(H,17,23). The summed E-state index contributed by atoms with van der Waals surface area (Å²) in [6, 6.07) is 5.61. The molecule has 12 heteroatoms. The molecule has 0 spiro atoms. The molecule has 1 amide bonds. The maximum absolute atomic E-state index is 12.3. The summed E-state index contributed by atoms with van der Waals surface area (Å²) in [6.07, 6.45) is 0. The number of benzene rings is 1. The zero-order valence-electron chi connectivity index (χ0n) is 15.2. The molecule has 0 aliphatic carbocycles. The summed E-state index contributed by atoms with van der Waals surface area (Å²) in [5, 5.41) is 13.8. The van der Waals surface area contributed by atoms with Crippen molar-refractivity contribution in [1.82, 2.24) is 18.7 Å². The van der Waals surface area contributed by atoms with Crippen molar-refractivity contribution in [2.75, 3.05) is 11.1 Å². The lowest BCUT2D eigenvalue weighted by molar-refractivity contribution is -0.384. The molecule has 146 valence electrons. The van der Waals surface area contributed by atoms with E-state index >= 15 is 0 Å². The first-order valence-electron chi connectivity index (χ1n) is 8.00. The Kier molecular flexibility index (Phi) is 5.05. The second-order valence-corrected chi connectivity index (χ2v) is 6.92. The number of nitrogens with zero attached hydrogens (tertiary/aromatic N) is 5. The van der Waals surface area contributed by atoms with Crippen LogP contribution >= 0.6 is 11.8 Å². The number of hydrogen-bond acceptors (Lipinski definition) is 7. The maximum Gasteiger partial charge on any atom is 0.332 e. The minimum atomic E-state index is -0.547. The second-order valence-electron chi connectivity index (χ2n) is 5.98. The van der Waals surface area contributed by atoms with Crippen molar-refractivity contribution >= 4 is 40.2 Å². The van der Waals surface area contributed by atoms with Crippen LogP contribution in [-0.2, 0) is 25.9 Å². The maximum atomic E-state index is 12.3. The normalized spacial score (nSPS) is 11.0. The predicted molar refractivity (Wildman–Crippen MR) is 104 cm³/mol. The van der Waals surface area contributed by atoms with Crippen molar-refractivity contribution in [2.24, 2.45) is 21.1 Å². The van der Waals surface area contributed by atoms with Crippen molar-refractivity contribution < 1.29 is 9.72 Å². The van der Waals surface area contributed by atoms with E-state index in [2.05, 4.69) is 10.3 Å². The summed E-state index contributed by atoms with van der Waals surface area (Å²) >= 11 is 1.08. The molecule has 0 radical (unpaired) electrons. The SMILES string of the molecule is Cn1c(=O)c2nc(SCC(=O)Nc3cccc([N+](=O)[O-])c3)n(C)c2n(C)c1=O. The minimum Gasteiger partial charge on any atom is -0.325 e. The highest BCUT2D eigenvalue weighted by Crippen LogP contribution is 2.21. The zero-order chi connectivity index (χ0) is 20.6. The van der Waals surface area contributed by atoms with Gasteiger partial charge in [-0.05, 0) is 6.07 Å². The number of nitro groups is 1. The highest BCUT2D eigenvalue weighted by molar-refractivity contribution is 7.99. The van der Waals surface area contributed by atoms with Crippen LogP contribution in [-0.4, -0.2) is 35.3 Å². The van der Waals surface area contributed by atoms with E-state index in [-0.39, 0.29) is 22.9 Å². The lowest BCUT2D eigenvalue weighted by Crippen LogP contribution is -2.37. The molecule has 2 aromatic heterocycles. The molecule has 28 heavy (non-hydrogen) atoms. The summed E-state index contributed by atoms with van der Waals surface area (Å²) in [6.45, 7) is 0. The number of imidazole rings is 1. The van der Waals surface area contributed by atoms with E-state index in [4.69, 9.17) is 0 Å². The predicted octanol–water partition coefficient (Wildman–Crippen LogP) is 0.610. The van der Waals surface area contributed by atoms with Crippen LogP contribution in [0.25, 0.3) is 11.2 Å². The van der Waals surface area contributed by atoms with E-state index in [0.717, 1.165) is 16.3 Å². The Labute approximate surface area is 161 Å². The highest BCUT2D eigenvalue weighted by atomic mass is 32.2. The van der Waals surface area contributed by atoms with E-state index in [0.29, 0.717) is 16.5 Å². The van der Waals surface area contributed by atoms with Crippen molar-refractivity contribution in [3.05, 3.63) is 55.2 Å². The van der Waals surface area contributed by atoms with Crippen LogP contribution in [0.3, 0.4) is 0 Å². The van der Waals surface area contributed by atoms with E-state index < -0.39 is 16.2 Å². The van der Waals surface area contributed by atoms with Gasteiger partial charge in [-0.25, -0.2) is 9.78 Å². The van der Waals surface area contributed by atoms with Gasteiger partial charge in [0.05, 0.1) is 10.7 Å². The van der Waals surface area contributed by atoms with Gasteiger partial charge < -0.3 is 9.88 Å². The Morgan fingerprint density at radius 2 is 1.93 bits per heavy atom. The third-order valence-corrected chi connectivity index (χ3v) is 5.13. The third kappa shape index (κ3) is 3.41. The van der Waals surface area contributed by atoms with E-state index in [1.165, 1.54) is 36.9 Å². The first-order chi connectivity index (χ1) is 13.2. The molecule has 0 fully saturated rings. The van der Waals surface area contributed by atoms with Gasteiger partial charge in [0.2, 0.25) is 5.91 Å². The molecule has 0 saturated carbocycles. The number of hydrogen-bond donors (Lipinski definition) is 1. The fourth-order valence-corrected chi connectivity index (χ4v) is 3.48. The number of fused-ring (bicyclic) bond motifs is 1. The number of carbonyl (C=O) groups is 1. The molecule has 2 heterocycles. The molecular formula is C16H16N6O5S. The molecule has 0 aliphatic rings. The molecule has 0 aliphatic heterocycles. The Morgan fingerprint density at radius 3 is 2.61 bits per heavy atom. The molecule has 1 aromatic carbocycles. The van der Waals surface area contributed by atoms with Crippen LogP contribution in [0.1, 0.15) is 0 Å². The lowest BCUT2D eigenvalue weighted by atomic mass is 10.3. The topological polar surface area (TPSA) is 134 Å². The van der Waals surface area contributed by atoms with E-state index in [1.807, 2.05) is 0 Å². The molecule has 11 nitrogen and oxygen atoms in total. The summed E-state index contributed by atoms with van der Waals surface area (Å²) < 4.78 is 3.86. The first kappa shape index (κ1) is 19.4. The van der Waals surface area contributed by atoms with Gasteiger partial charge in [0.15, 0.2) is 16.3 Å². The number of nitrogens with one attached hydrogen (secondary N) is 1. The molecular weight excluding hydrogens is 388 g/mol. The number of anilines is 1. The number of amides is 1. The average molecular weight is 404 g/mol. The number of aromatic nitrogens is 4. The van der Waals surface area contributed by atoms with Crippen LogP contribution in [0.15, 0.2) is 39.0 Å². The van der Waals surface area contributed by atoms with Crippen LogP contribution in [0.4, 0.5) is 11.4 Å². The van der Waals surface area contributed by atoms with Crippen molar-refractivity contribution in [3.63, 3.8) is 0 Å². The van der Waals surface area contributed by atoms with Gasteiger partial charge in [-0.1, -0.05) is 17.8 Å². The minimum absolute atomic E-state index is 0.0336. The fourth-order valence-electron chi connectivity index (χ4n) is 2.71. The largest absolute Gasteiger partial charge is 0.332 e. The highest BCUT2D eigenvalue weighted by Gasteiger charge is 2.18. The van der Waals surface area contributed by atoms with Crippen LogP contribution in [0.2, 0.25) is 0 Å². The summed E-state index contributed by atoms with van der Waals surface area (Å²) in [5.41, 5.74) is -0.316. The van der Waals surface area contributed by atoms with Crippen molar-refractivity contribution in [2.45, 2.75) is 5.16 Å². The van der Waals surface area contributed by atoms with Gasteiger partial charge in [0.25, 0.3) is 11.2 Å². The summed E-state index contributed by atoms with van der Waals surface area (Å²) in [7, 11) is 4.56. The lowest BCUT2D eigenvalue weighted by Gasteiger charge is -2.06. The molecule has 0 bridgehead atoms. The molecule has 0 saturated heterocycles. The van der Waals surface area contributed by atoms with Crippen molar-refractivity contribution in [3.8, 4) is 0 Å². The van der Waals surface area contributed by atoms with Crippen LogP contribution < -0.4 is 16.6 Å². The average Bonchev–Trinajstić information content (AvgIpc) is 3.00. The number of nitro benzene ring substituents is 1. The Hall–Kier alpha value is -3.41. The molecule has 3 aromatic rings. The van der Waals surface area contributed by atoms with Gasteiger partial charge in [0.1, 0.15) is 0 Å². The Bertz CT molecular complexity index is 1220. The fraction of sp³-hybridized carbons (Fsp3) is 0.250. The quantitative estimate of drug-likeness (QED) is 0.374. The molecule has 1 N–H and O–H groups in total. The molecule has 0 atom stereocenters. The Balaban J connectivity index is 1.80. The molecule has 3 rings (SSSR count). The number of aryl methyl sites for hydroxylation is 2. The third-order valence-electron chi connectivity index (χ3n) is 4.10. The number of non-ortho nitro benzene ring substituents is 1. The Morgan fingerprint density at radius 1 is 1.21 bits per heavy atom. The summed E-state index contributed by atoms with van der Waals surface area (Å²) in [4.78, 5) is 51.0. The number of carbonyl (C=O) groups excluding carboxylic acids is 1. The van der Waals surface area contributed by atoms with E-state index in [1.54, 1.807) is 17.7 Å².